The molecular formula is C38H78. The summed E-state index contributed by atoms with van der Waals surface area (Å²) >= 11 is 0. The number of allylic oxidation sites excluding steroid dienone is 6. The van der Waals surface area contributed by atoms with E-state index in [4.69, 9.17) is 0 Å². The molecule has 0 fully saturated rings. The first-order chi connectivity index (χ1) is 18.3. The van der Waals surface area contributed by atoms with Crippen LogP contribution in [0.2, 0.25) is 0 Å². The summed E-state index contributed by atoms with van der Waals surface area (Å²) in [6.07, 6.45) is 36.9. The van der Waals surface area contributed by atoms with Crippen molar-refractivity contribution in [3.63, 3.8) is 0 Å². The molecule has 0 rings (SSSR count). The molecule has 0 amide bonds. The molecule has 0 aliphatic carbocycles. The highest BCUT2D eigenvalue weighted by Gasteiger charge is 1.81. The Morgan fingerprint density at radius 3 is 0.868 bits per heavy atom. The standard InChI is InChI=1S/C8H16.C5H12.C5H10.C4H10.C4H8.C4H6.C3H8.C3H6.C2H2/c1-3-5-7-8-6-4-2;2*1-3-5-4-2;3*1-3-4-2;2*1-3-2;1-2/h3H,1,4-8H2,2H3;3-5H2,1-2H3;3H,1,4-5H2,2H3;3-4H2,1-2H3;3H,1,4H2,2H3;3-4H,1-2H2;3H2,1-2H3;3H,1H2,2H3;1-2H. The fourth-order valence-electron chi connectivity index (χ4n) is 1.27. The Morgan fingerprint density at radius 1 is 0.447 bits per heavy atom. The molecule has 0 radical (unpaired) electrons. The van der Waals surface area contributed by atoms with E-state index in [1.807, 2.05) is 25.2 Å². The molecule has 0 heteroatoms. The van der Waals surface area contributed by atoms with Crippen molar-refractivity contribution in [2.24, 2.45) is 0 Å². The van der Waals surface area contributed by atoms with E-state index in [0.29, 0.717) is 0 Å². The highest BCUT2D eigenvalue weighted by Crippen LogP contribution is 2.01. The second-order valence-electron chi connectivity index (χ2n) is 7.85. The molecule has 0 unspecified atom stereocenters. The van der Waals surface area contributed by atoms with Crippen molar-refractivity contribution in [2.75, 3.05) is 0 Å². The highest BCUT2D eigenvalue weighted by atomic mass is 13.9. The van der Waals surface area contributed by atoms with Crippen LogP contribution in [0, 0.1) is 12.8 Å². The fraction of sp³-hybridized carbons (Fsp3) is 0.632. The number of hydrogen-bond acceptors (Lipinski definition) is 0. The summed E-state index contributed by atoms with van der Waals surface area (Å²) in [5.74, 6) is 0. The number of hydrogen-bond donors (Lipinski definition) is 0. The van der Waals surface area contributed by atoms with Gasteiger partial charge in [-0.25, -0.2) is 0 Å². The van der Waals surface area contributed by atoms with E-state index in [2.05, 4.69) is 115 Å². The lowest BCUT2D eigenvalue weighted by molar-refractivity contribution is 0.675. The van der Waals surface area contributed by atoms with Crippen LogP contribution in [-0.4, -0.2) is 0 Å². The molecule has 38 heavy (non-hydrogen) atoms. The molecule has 0 saturated carbocycles. The van der Waals surface area contributed by atoms with Crippen molar-refractivity contribution in [3.05, 3.63) is 75.9 Å². The van der Waals surface area contributed by atoms with Gasteiger partial charge in [-0.05, 0) is 32.6 Å². The molecule has 0 aliphatic rings. The van der Waals surface area contributed by atoms with Crippen LogP contribution in [0.3, 0.4) is 0 Å². The van der Waals surface area contributed by atoms with Crippen molar-refractivity contribution in [1.29, 1.82) is 0 Å². The first-order valence-electron chi connectivity index (χ1n) is 15.3. The molecular weight excluding hydrogens is 456 g/mol. The Labute approximate surface area is 247 Å². The van der Waals surface area contributed by atoms with Gasteiger partial charge in [0.05, 0.1) is 0 Å². The summed E-state index contributed by atoms with van der Waals surface area (Å²) in [6, 6.07) is 0. The summed E-state index contributed by atoms with van der Waals surface area (Å²) in [6.45, 7) is 42.1. The third kappa shape index (κ3) is 370. The van der Waals surface area contributed by atoms with Gasteiger partial charge in [0.2, 0.25) is 0 Å². The topological polar surface area (TPSA) is 0 Å². The molecule has 0 nitrogen and oxygen atoms in total. The number of rotatable bonds is 12. The fourth-order valence-corrected chi connectivity index (χ4v) is 1.27. The van der Waals surface area contributed by atoms with E-state index in [-0.39, 0.29) is 0 Å². The van der Waals surface area contributed by atoms with Gasteiger partial charge in [-0.1, -0.05) is 176 Å². The minimum atomic E-state index is 1.08. The monoisotopic (exact) mass is 535 g/mol. The molecule has 0 bridgehead atoms. The van der Waals surface area contributed by atoms with Crippen LogP contribution in [0.4, 0.5) is 0 Å². The molecule has 0 aliphatic heterocycles. The van der Waals surface area contributed by atoms with E-state index in [1.165, 1.54) is 77.0 Å². The maximum Gasteiger partial charge on any atom is -0.0353 e. The van der Waals surface area contributed by atoms with Crippen LogP contribution in [0.5, 0.6) is 0 Å². The van der Waals surface area contributed by atoms with E-state index >= 15 is 0 Å². The average molecular weight is 535 g/mol. The van der Waals surface area contributed by atoms with Crippen LogP contribution in [0.1, 0.15) is 159 Å². The predicted octanol–water partition coefficient (Wildman–Crippen LogP) is 14.9. The maximum absolute atomic E-state index is 4.00. The van der Waals surface area contributed by atoms with Gasteiger partial charge in [-0.15, -0.1) is 39.2 Å². The largest absolute Gasteiger partial charge is 0.124 e. The first-order valence-corrected chi connectivity index (χ1v) is 15.3. The zero-order chi connectivity index (χ0) is 32.1. The van der Waals surface area contributed by atoms with E-state index in [0.717, 1.165) is 12.8 Å². The Morgan fingerprint density at radius 2 is 0.763 bits per heavy atom. The summed E-state index contributed by atoms with van der Waals surface area (Å²) in [4.78, 5) is 0. The molecule has 0 spiro atoms. The van der Waals surface area contributed by atoms with Crippen LogP contribution in [-0.2, 0) is 0 Å². The van der Waals surface area contributed by atoms with E-state index in [9.17, 15) is 0 Å². The zero-order valence-corrected chi connectivity index (χ0v) is 28.8. The minimum absolute atomic E-state index is 1.08. The van der Waals surface area contributed by atoms with Crippen molar-refractivity contribution in [2.45, 2.75) is 159 Å². The third-order valence-electron chi connectivity index (χ3n) is 3.42. The molecule has 0 atom stereocenters. The Balaban J connectivity index is -0.0000000366. The van der Waals surface area contributed by atoms with Crippen molar-refractivity contribution >= 4 is 0 Å². The Hall–Kier alpha value is -2.00. The van der Waals surface area contributed by atoms with Gasteiger partial charge in [-0.3, -0.25) is 0 Å². The van der Waals surface area contributed by atoms with E-state index in [1.54, 1.807) is 18.2 Å². The van der Waals surface area contributed by atoms with Crippen LogP contribution >= 0.6 is 0 Å². The Bertz CT molecular complexity index is 332. The average Bonchev–Trinajstić information content (AvgIpc) is 2.95. The third-order valence-corrected chi connectivity index (χ3v) is 3.42. The summed E-state index contributed by atoms with van der Waals surface area (Å²) < 4.78 is 0. The van der Waals surface area contributed by atoms with E-state index < -0.39 is 0 Å². The lowest BCUT2D eigenvalue weighted by atomic mass is 10.2. The molecule has 0 N–H and O–H groups in total. The molecule has 230 valence electrons. The van der Waals surface area contributed by atoms with Crippen molar-refractivity contribution in [3.8, 4) is 12.8 Å². The van der Waals surface area contributed by atoms with Gasteiger partial charge in [0.25, 0.3) is 0 Å². The maximum atomic E-state index is 4.00. The molecule has 0 aromatic carbocycles. The summed E-state index contributed by atoms with van der Waals surface area (Å²) in [5.41, 5.74) is 0. The van der Waals surface area contributed by atoms with Gasteiger partial charge >= 0.3 is 0 Å². The molecule has 0 aromatic rings. The molecule has 0 saturated heterocycles. The first kappa shape index (κ1) is 60.5. The predicted molar refractivity (Wildman–Crippen MR) is 192 cm³/mol. The summed E-state index contributed by atoms with van der Waals surface area (Å²) in [7, 11) is 0. The van der Waals surface area contributed by atoms with Crippen LogP contribution < -0.4 is 0 Å². The van der Waals surface area contributed by atoms with Gasteiger partial charge < -0.3 is 0 Å². The minimum Gasteiger partial charge on any atom is -0.124 e. The van der Waals surface area contributed by atoms with Gasteiger partial charge in [0.15, 0.2) is 0 Å². The SMILES string of the molecule is C#C.C=CC.C=CC=C.C=CCC.C=CCCC.C=CCCCCCC.CCC.CCCC.CCCCC. The zero-order valence-electron chi connectivity index (χ0n) is 28.8. The smallest absolute Gasteiger partial charge is 0.0353 e. The summed E-state index contributed by atoms with van der Waals surface area (Å²) in [5, 5.41) is 0. The van der Waals surface area contributed by atoms with Crippen molar-refractivity contribution < 1.29 is 0 Å². The lowest BCUT2D eigenvalue weighted by Crippen LogP contribution is -1.71. The number of unbranched alkanes of at least 4 members (excludes halogenated alkanes) is 8. The highest BCUT2D eigenvalue weighted by molar-refractivity contribution is 4.88. The number of terminal acetylenes is 1. The van der Waals surface area contributed by atoms with Crippen LogP contribution in [0.15, 0.2) is 75.9 Å². The quantitative estimate of drug-likeness (QED) is 0.101. The molecule has 0 aromatic heterocycles. The Kier molecular flexibility index (Phi) is 199. The normalized spacial score (nSPS) is 6.84. The second kappa shape index (κ2) is 125. The second-order valence-corrected chi connectivity index (χ2v) is 7.85. The lowest BCUT2D eigenvalue weighted by Gasteiger charge is -1.91. The van der Waals surface area contributed by atoms with Crippen LogP contribution in [0.25, 0.3) is 0 Å². The molecule has 0 heterocycles. The van der Waals surface area contributed by atoms with Gasteiger partial charge in [0, 0.05) is 0 Å². The van der Waals surface area contributed by atoms with Crippen molar-refractivity contribution in [1.82, 2.24) is 0 Å². The van der Waals surface area contributed by atoms with Gasteiger partial charge in [-0.2, -0.15) is 0 Å². The van der Waals surface area contributed by atoms with Gasteiger partial charge in [0.1, 0.15) is 0 Å².